The van der Waals surface area contributed by atoms with Crippen LogP contribution in [-0.2, 0) is 0 Å². The van der Waals surface area contributed by atoms with Crippen LogP contribution in [0, 0.1) is 0 Å². The predicted octanol–water partition coefficient (Wildman–Crippen LogP) is 2.45. The molecule has 0 atom stereocenters. The van der Waals surface area contributed by atoms with Gasteiger partial charge in [-0.3, -0.25) is 4.79 Å². The Labute approximate surface area is 71.0 Å². The van der Waals surface area contributed by atoms with Gasteiger partial charge in [0, 0.05) is 11.1 Å². The van der Waals surface area contributed by atoms with Crippen molar-refractivity contribution in [3.8, 4) is 0 Å². The molecule has 1 aliphatic carbocycles. The van der Waals surface area contributed by atoms with Gasteiger partial charge in [0.2, 0.25) is 0 Å². The molecule has 0 aromatic heterocycles. The van der Waals surface area contributed by atoms with Crippen LogP contribution in [0.25, 0.3) is 6.08 Å². The minimum absolute atomic E-state index is 0.0353. The molecule has 1 nitrogen and oxygen atoms in total. The van der Waals surface area contributed by atoms with E-state index in [9.17, 15) is 4.79 Å². The molecule has 1 aliphatic rings. The fourth-order valence-electron chi connectivity index (χ4n) is 1.29. The van der Waals surface area contributed by atoms with Crippen LogP contribution >= 0.6 is 0 Å². The summed E-state index contributed by atoms with van der Waals surface area (Å²) in [6.45, 7) is 3.66. The first-order valence-electron chi connectivity index (χ1n) is 3.80. The van der Waals surface area contributed by atoms with Crippen molar-refractivity contribution >= 4 is 11.9 Å². The lowest BCUT2D eigenvalue weighted by molar-refractivity contribution is 0.103. The monoisotopic (exact) mass is 156 g/mol. The summed E-state index contributed by atoms with van der Waals surface area (Å²) in [6, 6.07) is 7.54. The van der Waals surface area contributed by atoms with E-state index >= 15 is 0 Å². The quantitative estimate of drug-likeness (QED) is 0.527. The third kappa shape index (κ3) is 0.909. The summed E-state index contributed by atoms with van der Waals surface area (Å²) >= 11 is 0. The molecule has 0 N–H and O–H groups in total. The first kappa shape index (κ1) is 7.04. The van der Waals surface area contributed by atoms with E-state index in [0.717, 1.165) is 11.1 Å². The van der Waals surface area contributed by atoms with Crippen molar-refractivity contribution in [2.45, 2.75) is 0 Å². The van der Waals surface area contributed by atoms with Crippen LogP contribution in [-0.4, -0.2) is 5.78 Å². The van der Waals surface area contributed by atoms with Crippen LogP contribution < -0.4 is 0 Å². The number of benzene rings is 1. The topological polar surface area (TPSA) is 17.1 Å². The highest BCUT2D eigenvalue weighted by atomic mass is 16.1. The zero-order valence-corrected chi connectivity index (χ0v) is 6.58. The molecule has 1 aromatic rings. The van der Waals surface area contributed by atoms with Crippen LogP contribution in [0.3, 0.4) is 0 Å². The smallest absolute Gasteiger partial charge is 0.193 e. The van der Waals surface area contributed by atoms with Crippen LogP contribution in [0.4, 0.5) is 0 Å². The van der Waals surface area contributed by atoms with E-state index in [-0.39, 0.29) is 5.78 Å². The number of carbonyl (C=O) groups excluding carboxylic acids is 1. The van der Waals surface area contributed by atoms with Gasteiger partial charge in [-0.1, -0.05) is 43.0 Å². The van der Waals surface area contributed by atoms with Gasteiger partial charge in [0.15, 0.2) is 5.78 Å². The van der Waals surface area contributed by atoms with Gasteiger partial charge in [0.25, 0.3) is 0 Å². The van der Waals surface area contributed by atoms with Crippen LogP contribution in [0.2, 0.25) is 0 Å². The second kappa shape index (κ2) is 2.45. The summed E-state index contributed by atoms with van der Waals surface area (Å²) < 4.78 is 0. The predicted molar refractivity (Wildman–Crippen MR) is 48.9 cm³/mol. The molecule has 0 unspecified atom stereocenters. The molecule has 0 amide bonds. The molecule has 1 heteroatoms. The van der Waals surface area contributed by atoms with Crippen molar-refractivity contribution in [2.24, 2.45) is 0 Å². The average molecular weight is 156 g/mol. The highest BCUT2D eigenvalue weighted by Gasteiger charge is 2.14. The molecule has 0 heterocycles. The molecule has 1 aromatic carbocycles. The van der Waals surface area contributed by atoms with E-state index in [1.807, 2.05) is 30.3 Å². The average Bonchev–Trinajstić information content (AvgIpc) is 2.12. The fraction of sp³-hybridized carbons (Fsp3) is 0. The molecule has 0 saturated carbocycles. The Morgan fingerprint density at radius 1 is 1.08 bits per heavy atom. The summed E-state index contributed by atoms with van der Waals surface area (Å²) in [4.78, 5) is 11.5. The Morgan fingerprint density at radius 3 is 2.67 bits per heavy atom. The van der Waals surface area contributed by atoms with Crippen molar-refractivity contribution in [1.29, 1.82) is 0 Å². The van der Waals surface area contributed by atoms with E-state index in [1.165, 1.54) is 0 Å². The van der Waals surface area contributed by atoms with Gasteiger partial charge in [-0.15, -0.1) is 0 Å². The van der Waals surface area contributed by atoms with E-state index in [0.29, 0.717) is 5.57 Å². The number of rotatable bonds is 0. The summed E-state index contributed by atoms with van der Waals surface area (Å²) in [7, 11) is 0. The van der Waals surface area contributed by atoms with Crippen molar-refractivity contribution in [2.75, 3.05) is 0 Å². The Kier molecular flexibility index (Phi) is 1.44. The van der Waals surface area contributed by atoms with E-state index in [1.54, 1.807) is 6.08 Å². The second-order valence-electron chi connectivity index (χ2n) is 2.77. The van der Waals surface area contributed by atoms with Gasteiger partial charge < -0.3 is 0 Å². The number of allylic oxidation sites excluding steroid dienone is 2. The fourth-order valence-corrected chi connectivity index (χ4v) is 1.29. The largest absolute Gasteiger partial charge is 0.289 e. The third-order valence-electron chi connectivity index (χ3n) is 1.96. The third-order valence-corrected chi connectivity index (χ3v) is 1.96. The number of ketones is 1. The zero-order chi connectivity index (χ0) is 8.55. The van der Waals surface area contributed by atoms with E-state index in [2.05, 4.69) is 6.58 Å². The normalized spacial score (nSPS) is 14.7. The van der Waals surface area contributed by atoms with Crippen molar-refractivity contribution in [3.63, 3.8) is 0 Å². The van der Waals surface area contributed by atoms with E-state index < -0.39 is 0 Å². The SMILES string of the molecule is C=C1C=Cc2ccccc2C1=O. The first-order valence-corrected chi connectivity index (χ1v) is 3.80. The minimum Gasteiger partial charge on any atom is -0.289 e. The van der Waals surface area contributed by atoms with Gasteiger partial charge in [0.05, 0.1) is 0 Å². The number of hydrogen-bond acceptors (Lipinski definition) is 1. The van der Waals surface area contributed by atoms with Crippen LogP contribution in [0.5, 0.6) is 0 Å². The summed E-state index contributed by atoms with van der Waals surface area (Å²) in [5.41, 5.74) is 2.30. The second-order valence-corrected chi connectivity index (χ2v) is 2.77. The minimum atomic E-state index is 0.0353. The lowest BCUT2D eigenvalue weighted by Gasteiger charge is -2.09. The zero-order valence-electron chi connectivity index (χ0n) is 6.58. The lowest BCUT2D eigenvalue weighted by atomic mass is 9.94. The molecule has 0 saturated heterocycles. The molecule has 0 bridgehead atoms. The van der Waals surface area contributed by atoms with Crippen LogP contribution in [0.1, 0.15) is 15.9 Å². The van der Waals surface area contributed by atoms with Gasteiger partial charge in [0.1, 0.15) is 0 Å². The maximum absolute atomic E-state index is 11.5. The van der Waals surface area contributed by atoms with Crippen molar-refractivity contribution < 1.29 is 4.79 Å². The lowest BCUT2D eigenvalue weighted by Crippen LogP contribution is -2.06. The number of fused-ring (bicyclic) bond motifs is 1. The van der Waals surface area contributed by atoms with Gasteiger partial charge in [-0.2, -0.15) is 0 Å². The molecule has 0 spiro atoms. The molecular formula is C11H8O. The highest BCUT2D eigenvalue weighted by molar-refractivity contribution is 6.14. The van der Waals surface area contributed by atoms with Gasteiger partial charge in [-0.05, 0) is 5.56 Å². The number of carbonyl (C=O) groups is 1. The van der Waals surface area contributed by atoms with E-state index in [4.69, 9.17) is 0 Å². The Morgan fingerprint density at radius 2 is 1.83 bits per heavy atom. The van der Waals surface area contributed by atoms with Crippen molar-refractivity contribution in [3.05, 3.63) is 53.6 Å². The van der Waals surface area contributed by atoms with Gasteiger partial charge in [-0.25, -0.2) is 0 Å². The first-order chi connectivity index (χ1) is 5.79. The molecule has 0 fully saturated rings. The maximum atomic E-state index is 11.5. The Hall–Kier alpha value is -1.63. The number of hydrogen-bond donors (Lipinski definition) is 0. The van der Waals surface area contributed by atoms with Crippen LogP contribution in [0.15, 0.2) is 42.5 Å². The molecule has 2 rings (SSSR count). The molecular weight excluding hydrogens is 148 g/mol. The maximum Gasteiger partial charge on any atom is 0.193 e. The standard InChI is InChI=1S/C11H8O/c1-8-6-7-9-4-2-3-5-10(9)11(8)12/h2-7H,1H2. The Balaban J connectivity index is 2.67. The summed E-state index contributed by atoms with van der Waals surface area (Å²) in [6.07, 6.45) is 3.67. The number of Topliss-reactive ketones (excluding diaryl/α,β-unsaturated/α-hetero) is 1. The molecule has 12 heavy (non-hydrogen) atoms. The summed E-state index contributed by atoms with van der Waals surface area (Å²) in [5.74, 6) is 0.0353. The summed E-state index contributed by atoms with van der Waals surface area (Å²) in [5, 5.41) is 0. The highest BCUT2D eigenvalue weighted by Crippen LogP contribution is 2.20. The van der Waals surface area contributed by atoms with Crippen molar-refractivity contribution in [1.82, 2.24) is 0 Å². The molecule has 0 aliphatic heterocycles. The Bertz CT molecular complexity index is 386. The molecule has 58 valence electrons. The molecule has 0 radical (unpaired) electrons. The van der Waals surface area contributed by atoms with Gasteiger partial charge >= 0.3 is 0 Å².